The number of Topliss-reactive ketones (excluding diaryl/α,β-unsaturated/α-hetero) is 1. The lowest BCUT2D eigenvalue weighted by Crippen LogP contribution is -2.17. The van der Waals surface area contributed by atoms with Gasteiger partial charge in [-0.1, -0.05) is 12.1 Å². The SMILES string of the molecule is CCOCCOC(=O)COc1cccc(C(C)=O)c1. The van der Waals surface area contributed by atoms with Crippen LogP contribution in [0.1, 0.15) is 24.2 Å². The number of carbonyl (C=O) groups excluding carboxylic acids is 2. The molecule has 5 nitrogen and oxygen atoms in total. The largest absolute Gasteiger partial charge is 0.482 e. The van der Waals surface area contributed by atoms with E-state index in [-0.39, 0.29) is 19.0 Å². The highest BCUT2D eigenvalue weighted by molar-refractivity contribution is 5.94. The molecular formula is C14H18O5. The van der Waals surface area contributed by atoms with Gasteiger partial charge in [0.15, 0.2) is 12.4 Å². The molecule has 1 rings (SSSR count). The van der Waals surface area contributed by atoms with Gasteiger partial charge in [0.2, 0.25) is 0 Å². The third kappa shape index (κ3) is 6.01. The predicted molar refractivity (Wildman–Crippen MR) is 69.4 cm³/mol. The number of hydrogen-bond donors (Lipinski definition) is 0. The minimum Gasteiger partial charge on any atom is -0.482 e. The Morgan fingerprint density at radius 3 is 2.68 bits per heavy atom. The fourth-order valence-corrected chi connectivity index (χ4v) is 1.35. The predicted octanol–water partition coefficient (Wildman–Crippen LogP) is 1.85. The summed E-state index contributed by atoms with van der Waals surface area (Å²) < 4.78 is 15.2. The average Bonchev–Trinajstić information content (AvgIpc) is 2.41. The number of hydrogen-bond acceptors (Lipinski definition) is 5. The van der Waals surface area contributed by atoms with Crippen molar-refractivity contribution in [3.8, 4) is 5.75 Å². The Morgan fingerprint density at radius 2 is 2.00 bits per heavy atom. The van der Waals surface area contributed by atoms with Gasteiger partial charge >= 0.3 is 5.97 Å². The highest BCUT2D eigenvalue weighted by Gasteiger charge is 2.05. The summed E-state index contributed by atoms with van der Waals surface area (Å²) >= 11 is 0. The van der Waals surface area contributed by atoms with Crippen molar-refractivity contribution < 1.29 is 23.8 Å². The van der Waals surface area contributed by atoms with Gasteiger partial charge in [-0.3, -0.25) is 4.79 Å². The summed E-state index contributed by atoms with van der Waals surface area (Å²) in [5, 5.41) is 0. The van der Waals surface area contributed by atoms with Crippen molar-refractivity contribution in [3.63, 3.8) is 0 Å². The number of esters is 1. The summed E-state index contributed by atoms with van der Waals surface area (Å²) in [6, 6.07) is 6.66. The molecule has 0 aliphatic rings. The van der Waals surface area contributed by atoms with Crippen LogP contribution in [0.4, 0.5) is 0 Å². The monoisotopic (exact) mass is 266 g/mol. The third-order valence-electron chi connectivity index (χ3n) is 2.29. The zero-order valence-electron chi connectivity index (χ0n) is 11.2. The Hall–Kier alpha value is -1.88. The van der Waals surface area contributed by atoms with Crippen molar-refractivity contribution in [3.05, 3.63) is 29.8 Å². The molecule has 0 heterocycles. The van der Waals surface area contributed by atoms with Crippen molar-refractivity contribution in [1.82, 2.24) is 0 Å². The maximum absolute atomic E-state index is 11.3. The fourth-order valence-electron chi connectivity index (χ4n) is 1.35. The van der Waals surface area contributed by atoms with Crippen molar-refractivity contribution in [2.24, 2.45) is 0 Å². The van der Waals surface area contributed by atoms with Gasteiger partial charge in [0.1, 0.15) is 12.4 Å². The Morgan fingerprint density at radius 1 is 1.21 bits per heavy atom. The lowest BCUT2D eigenvalue weighted by molar-refractivity contribution is -0.147. The molecule has 0 aliphatic carbocycles. The Balaban J connectivity index is 2.33. The zero-order valence-corrected chi connectivity index (χ0v) is 11.2. The van der Waals surface area contributed by atoms with E-state index in [4.69, 9.17) is 14.2 Å². The van der Waals surface area contributed by atoms with Crippen molar-refractivity contribution >= 4 is 11.8 Å². The molecule has 1 aromatic rings. The van der Waals surface area contributed by atoms with E-state index in [2.05, 4.69) is 0 Å². The van der Waals surface area contributed by atoms with E-state index < -0.39 is 5.97 Å². The van der Waals surface area contributed by atoms with Gasteiger partial charge in [0, 0.05) is 12.2 Å². The minimum atomic E-state index is -0.465. The van der Waals surface area contributed by atoms with Crippen LogP contribution in [0, 0.1) is 0 Å². The molecule has 5 heteroatoms. The molecule has 19 heavy (non-hydrogen) atoms. The van der Waals surface area contributed by atoms with Crippen molar-refractivity contribution in [2.45, 2.75) is 13.8 Å². The molecular weight excluding hydrogens is 248 g/mol. The highest BCUT2D eigenvalue weighted by atomic mass is 16.6. The van der Waals surface area contributed by atoms with Crippen molar-refractivity contribution in [2.75, 3.05) is 26.4 Å². The van der Waals surface area contributed by atoms with Gasteiger partial charge in [0.25, 0.3) is 0 Å². The van der Waals surface area contributed by atoms with Crippen LogP contribution in [0.25, 0.3) is 0 Å². The molecule has 0 spiro atoms. The normalized spacial score (nSPS) is 10.0. The molecule has 0 saturated heterocycles. The first-order valence-electron chi connectivity index (χ1n) is 6.10. The van der Waals surface area contributed by atoms with Crippen LogP contribution >= 0.6 is 0 Å². The molecule has 0 N–H and O–H groups in total. The lowest BCUT2D eigenvalue weighted by Gasteiger charge is -2.07. The van der Waals surface area contributed by atoms with E-state index in [1.54, 1.807) is 24.3 Å². The second-order valence-corrected chi connectivity index (χ2v) is 3.79. The topological polar surface area (TPSA) is 61.8 Å². The second-order valence-electron chi connectivity index (χ2n) is 3.79. The van der Waals surface area contributed by atoms with E-state index in [1.807, 2.05) is 6.92 Å². The fraction of sp³-hybridized carbons (Fsp3) is 0.429. The first-order valence-corrected chi connectivity index (χ1v) is 6.10. The van der Waals surface area contributed by atoms with Gasteiger partial charge in [-0.25, -0.2) is 4.79 Å². The summed E-state index contributed by atoms with van der Waals surface area (Å²) in [7, 11) is 0. The quantitative estimate of drug-likeness (QED) is 0.408. The summed E-state index contributed by atoms with van der Waals surface area (Å²) in [6.07, 6.45) is 0. The van der Waals surface area contributed by atoms with Crippen LogP contribution in [0.2, 0.25) is 0 Å². The molecule has 0 aromatic heterocycles. The van der Waals surface area contributed by atoms with E-state index in [1.165, 1.54) is 6.92 Å². The molecule has 0 amide bonds. The van der Waals surface area contributed by atoms with Gasteiger partial charge in [-0.15, -0.1) is 0 Å². The Bertz CT molecular complexity index is 428. The zero-order chi connectivity index (χ0) is 14.1. The lowest BCUT2D eigenvalue weighted by atomic mass is 10.1. The first-order chi connectivity index (χ1) is 9.13. The van der Waals surface area contributed by atoms with E-state index >= 15 is 0 Å². The minimum absolute atomic E-state index is 0.0512. The number of rotatable bonds is 8. The summed E-state index contributed by atoms with van der Waals surface area (Å²) in [5.74, 6) is -0.0490. The van der Waals surface area contributed by atoms with E-state index in [0.29, 0.717) is 24.5 Å². The van der Waals surface area contributed by atoms with E-state index in [9.17, 15) is 9.59 Å². The number of benzene rings is 1. The molecule has 0 aliphatic heterocycles. The van der Waals surface area contributed by atoms with E-state index in [0.717, 1.165) is 0 Å². The van der Waals surface area contributed by atoms with Crippen LogP contribution in [-0.2, 0) is 14.3 Å². The Labute approximate surface area is 112 Å². The van der Waals surface area contributed by atoms with Gasteiger partial charge in [-0.05, 0) is 26.0 Å². The molecule has 104 valence electrons. The molecule has 0 radical (unpaired) electrons. The molecule has 0 unspecified atom stereocenters. The molecule has 0 bridgehead atoms. The number of ketones is 1. The maximum atomic E-state index is 11.3. The van der Waals surface area contributed by atoms with Crippen LogP contribution in [0.5, 0.6) is 5.75 Å². The van der Waals surface area contributed by atoms with Gasteiger partial charge < -0.3 is 14.2 Å². The van der Waals surface area contributed by atoms with Crippen LogP contribution in [0.3, 0.4) is 0 Å². The molecule has 0 fully saturated rings. The number of carbonyl (C=O) groups is 2. The smallest absolute Gasteiger partial charge is 0.344 e. The van der Waals surface area contributed by atoms with Crippen LogP contribution < -0.4 is 4.74 Å². The third-order valence-corrected chi connectivity index (χ3v) is 2.29. The summed E-state index contributed by atoms with van der Waals surface area (Å²) in [4.78, 5) is 22.5. The Kier molecular flexibility index (Phi) is 6.60. The highest BCUT2D eigenvalue weighted by Crippen LogP contribution is 2.13. The maximum Gasteiger partial charge on any atom is 0.344 e. The van der Waals surface area contributed by atoms with Crippen molar-refractivity contribution in [1.29, 1.82) is 0 Å². The summed E-state index contributed by atoms with van der Waals surface area (Å²) in [6.45, 7) is 4.33. The van der Waals surface area contributed by atoms with Gasteiger partial charge in [0.05, 0.1) is 6.61 Å². The summed E-state index contributed by atoms with van der Waals surface area (Å²) in [5.41, 5.74) is 0.544. The second kappa shape index (κ2) is 8.26. The average molecular weight is 266 g/mol. The molecule has 0 atom stereocenters. The number of ether oxygens (including phenoxy) is 3. The molecule has 0 saturated carbocycles. The van der Waals surface area contributed by atoms with Gasteiger partial charge in [-0.2, -0.15) is 0 Å². The van der Waals surface area contributed by atoms with Crippen LogP contribution in [0.15, 0.2) is 24.3 Å². The first kappa shape index (κ1) is 15.2. The standard InChI is InChI=1S/C14H18O5/c1-3-17-7-8-18-14(16)10-19-13-6-4-5-12(9-13)11(2)15/h4-6,9H,3,7-8,10H2,1-2H3. The van der Waals surface area contributed by atoms with Crippen LogP contribution in [-0.4, -0.2) is 38.2 Å². The molecule has 1 aromatic carbocycles.